The first kappa shape index (κ1) is 35.2. The van der Waals surface area contributed by atoms with E-state index in [-0.39, 0.29) is 23.5 Å². The van der Waals surface area contributed by atoms with E-state index >= 15 is 0 Å². The van der Waals surface area contributed by atoms with E-state index in [1.165, 1.54) is 10.4 Å². The minimum atomic E-state index is -4.64. The van der Waals surface area contributed by atoms with Gasteiger partial charge in [0, 0.05) is 37.9 Å². The largest absolute Gasteiger partial charge is 0.478 e. The number of likely N-dealkylation sites (tertiary alicyclic amines) is 1. The topological polar surface area (TPSA) is 154 Å². The zero-order valence-corrected chi connectivity index (χ0v) is 24.5. The maximum atomic E-state index is 13.6. The third-order valence-electron chi connectivity index (χ3n) is 6.86. The van der Waals surface area contributed by atoms with Crippen LogP contribution >= 0.6 is 0 Å². The standard InChI is InChI=1S/C23H34F3N3O4S.C4H4O4/c1-16(2)13-21(27-3)22(30)28-10-7-18(8-11-28)29(19-9-12-33-15-19)34(31,32)20-6-4-5-17(14-20)23(24,25)26;5-3(6)1-2-4(7)8/h4-6,14,16,18-19,21,27H,7-13,15H2,1-3H3;1-2H,(H,5,6)(H,7,8)/b;2-1+/t19?,21-;/m0./s1. The molecule has 42 heavy (non-hydrogen) atoms. The molecular formula is C27H38F3N3O8S. The first-order chi connectivity index (χ1) is 19.6. The molecule has 2 aliphatic rings. The van der Waals surface area contributed by atoms with Gasteiger partial charge < -0.3 is 25.2 Å². The SMILES string of the molecule is CN[C@@H](CC(C)C)C(=O)N1CCC(N(C2CCOC2)S(=O)(=O)c2cccc(C(F)(F)F)c2)CC1.O=C(O)/C=C/C(=O)O. The van der Waals surface area contributed by atoms with Crippen molar-refractivity contribution < 1.29 is 50.9 Å². The number of carbonyl (C=O) groups is 3. The second-order valence-electron chi connectivity index (χ2n) is 10.4. The summed E-state index contributed by atoms with van der Waals surface area (Å²) >= 11 is 0. The van der Waals surface area contributed by atoms with Crippen molar-refractivity contribution in [3.05, 3.63) is 42.0 Å². The number of nitrogens with one attached hydrogen (secondary N) is 1. The Morgan fingerprint density at radius 3 is 2.14 bits per heavy atom. The highest BCUT2D eigenvalue weighted by Gasteiger charge is 2.42. The van der Waals surface area contributed by atoms with E-state index < -0.39 is 45.8 Å². The minimum Gasteiger partial charge on any atom is -0.478 e. The Kier molecular flexibility index (Phi) is 13.0. The number of alkyl halides is 3. The fourth-order valence-electron chi connectivity index (χ4n) is 4.89. The molecule has 0 radical (unpaired) electrons. The average molecular weight is 622 g/mol. The predicted molar refractivity (Wildman–Crippen MR) is 146 cm³/mol. The van der Waals surface area contributed by atoms with Crippen molar-refractivity contribution in [3.8, 4) is 0 Å². The molecule has 1 aromatic rings. The van der Waals surface area contributed by atoms with Crippen molar-refractivity contribution in [1.82, 2.24) is 14.5 Å². The van der Waals surface area contributed by atoms with Crippen LogP contribution in [0.5, 0.6) is 0 Å². The van der Waals surface area contributed by atoms with Crippen molar-refractivity contribution in [1.29, 1.82) is 0 Å². The molecule has 15 heteroatoms. The summed E-state index contributed by atoms with van der Waals surface area (Å²) in [5.74, 6) is -2.18. The zero-order chi connectivity index (χ0) is 31.7. The van der Waals surface area contributed by atoms with E-state index in [4.69, 9.17) is 14.9 Å². The molecule has 0 aliphatic carbocycles. The molecule has 2 saturated heterocycles. The molecule has 236 valence electrons. The average Bonchev–Trinajstić information content (AvgIpc) is 3.44. The monoisotopic (exact) mass is 621 g/mol. The van der Waals surface area contributed by atoms with E-state index in [2.05, 4.69) is 5.32 Å². The highest BCUT2D eigenvalue weighted by Crippen LogP contribution is 2.34. The third-order valence-corrected chi connectivity index (χ3v) is 8.86. The smallest absolute Gasteiger partial charge is 0.416 e. The number of carbonyl (C=O) groups excluding carboxylic acids is 1. The first-order valence-corrected chi connectivity index (χ1v) is 14.9. The molecule has 0 saturated carbocycles. The number of likely N-dealkylation sites (N-methyl/N-ethyl adjacent to an activating group) is 1. The van der Waals surface area contributed by atoms with Crippen LogP contribution < -0.4 is 5.32 Å². The van der Waals surface area contributed by atoms with Gasteiger partial charge in [0.25, 0.3) is 0 Å². The molecule has 0 aromatic heterocycles. The lowest BCUT2D eigenvalue weighted by atomic mass is 9.99. The van der Waals surface area contributed by atoms with Crippen LogP contribution in [-0.2, 0) is 35.3 Å². The highest BCUT2D eigenvalue weighted by molar-refractivity contribution is 7.89. The second-order valence-corrected chi connectivity index (χ2v) is 12.3. The summed E-state index contributed by atoms with van der Waals surface area (Å²) in [5.41, 5.74) is -1.00. The number of sulfonamides is 1. The number of aliphatic carboxylic acids is 2. The lowest BCUT2D eigenvalue weighted by Crippen LogP contribution is -2.55. The Morgan fingerprint density at radius 2 is 1.69 bits per heavy atom. The van der Waals surface area contributed by atoms with Gasteiger partial charge in [-0.1, -0.05) is 19.9 Å². The summed E-state index contributed by atoms with van der Waals surface area (Å²) in [7, 11) is -2.45. The van der Waals surface area contributed by atoms with Crippen molar-refractivity contribution in [2.75, 3.05) is 33.4 Å². The molecule has 2 aliphatic heterocycles. The number of carboxylic acids is 2. The Hall–Kier alpha value is -3.01. The van der Waals surface area contributed by atoms with Crippen LogP contribution in [0.15, 0.2) is 41.3 Å². The lowest BCUT2D eigenvalue weighted by Gasteiger charge is -2.41. The maximum absolute atomic E-state index is 13.6. The number of hydrogen-bond acceptors (Lipinski definition) is 7. The number of halogens is 3. The molecule has 3 N–H and O–H groups in total. The maximum Gasteiger partial charge on any atom is 0.416 e. The van der Waals surface area contributed by atoms with Gasteiger partial charge in [-0.05, 0) is 56.8 Å². The van der Waals surface area contributed by atoms with Gasteiger partial charge in [0.15, 0.2) is 0 Å². The Labute approximate surface area is 243 Å². The summed E-state index contributed by atoms with van der Waals surface area (Å²) < 4.78 is 73.7. The highest BCUT2D eigenvalue weighted by atomic mass is 32.2. The van der Waals surface area contributed by atoms with Crippen LogP contribution in [0, 0.1) is 5.92 Å². The van der Waals surface area contributed by atoms with Crippen molar-refractivity contribution in [2.45, 2.75) is 68.7 Å². The third kappa shape index (κ3) is 10.1. The zero-order valence-electron chi connectivity index (χ0n) is 23.7. The Morgan fingerprint density at radius 1 is 1.10 bits per heavy atom. The van der Waals surface area contributed by atoms with Crippen molar-refractivity contribution in [3.63, 3.8) is 0 Å². The van der Waals surface area contributed by atoms with Crippen molar-refractivity contribution in [2.24, 2.45) is 5.92 Å². The van der Waals surface area contributed by atoms with Crippen LogP contribution in [-0.4, -0.2) is 97.2 Å². The van der Waals surface area contributed by atoms with Crippen LogP contribution in [0.1, 0.15) is 45.1 Å². The number of benzene rings is 1. The van der Waals surface area contributed by atoms with E-state index in [1.807, 2.05) is 13.8 Å². The number of ether oxygens (including phenoxy) is 1. The molecule has 1 unspecified atom stereocenters. The van der Waals surface area contributed by atoms with Crippen LogP contribution in [0.25, 0.3) is 0 Å². The predicted octanol–water partition coefficient (Wildman–Crippen LogP) is 2.82. The summed E-state index contributed by atoms with van der Waals surface area (Å²) in [5, 5.41) is 18.7. The van der Waals surface area contributed by atoms with Gasteiger partial charge >= 0.3 is 18.1 Å². The van der Waals surface area contributed by atoms with E-state index in [0.29, 0.717) is 69.5 Å². The number of rotatable bonds is 10. The van der Waals surface area contributed by atoms with Gasteiger partial charge in [0.05, 0.1) is 29.1 Å². The summed E-state index contributed by atoms with van der Waals surface area (Å²) in [6, 6.07) is 2.71. The molecule has 1 amide bonds. The van der Waals surface area contributed by atoms with Gasteiger partial charge in [-0.25, -0.2) is 18.0 Å². The van der Waals surface area contributed by atoms with Gasteiger partial charge in [-0.15, -0.1) is 0 Å². The molecule has 2 atom stereocenters. The number of carboxylic acid groups (broad SMARTS) is 2. The minimum absolute atomic E-state index is 0.00821. The Bertz CT molecular complexity index is 1190. The van der Waals surface area contributed by atoms with Crippen LogP contribution in [0.3, 0.4) is 0 Å². The number of piperidine rings is 1. The first-order valence-electron chi connectivity index (χ1n) is 13.5. The van der Waals surface area contributed by atoms with E-state index in [0.717, 1.165) is 12.1 Å². The molecule has 3 rings (SSSR count). The van der Waals surface area contributed by atoms with Gasteiger partial charge in [0.2, 0.25) is 15.9 Å². The van der Waals surface area contributed by atoms with Gasteiger partial charge in [-0.2, -0.15) is 17.5 Å². The fraction of sp³-hybridized carbons (Fsp3) is 0.593. The summed E-state index contributed by atoms with van der Waals surface area (Å²) in [4.78, 5) is 33.4. The van der Waals surface area contributed by atoms with Crippen LogP contribution in [0.4, 0.5) is 13.2 Å². The lowest BCUT2D eigenvalue weighted by molar-refractivity contribution is -0.138. The quantitative estimate of drug-likeness (QED) is 0.335. The molecule has 1 aromatic carbocycles. The molecule has 11 nitrogen and oxygen atoms in total. The van der Waals surface area contributed by atoms with Gasteiger partial charge in [-0.3, -0.25) is 4.79 Å². The number of hydrogen-bond donors (Lipinski definition) is 3. The fourth-order valence-corrected chi connectivity index (χ4v) is 6.82. The molecule has 0 bridgehead atoms. The van der Waals surface area contributed by atoms with E-state index in [1.54, 1.807) is 11.9 Å². The summed E-state index contributed by atoms with van der Waals surface area (Å²) in [6.07, 6.45) is -1.52. The van der Waals surface area contributed by atoms with Crippen molar-refractivity contribution >= 4 is 27.9 Å². The van der Waals surface area contributed by atoms with Crippen LogP contribution in [0.2, 0.25) is 0 Å². The molecule has 2 fully saturated rings. The second kappa shape index (κ2) is 15.5. The number of amides is 1. The normalized spacial score (nSPS) is 19.1. The summed E-state index contributed by atoms with van der Waals surface area (Å²) in [6.45, 7) is 5.47. The molecular weight excluding hydrogens is 583 g/mol. The van der Waals surface area contributed by atoms with Gasteiger partial charge in [0.1, 0.15) is 0 Å². The Balaban J connectivity index is 0.000000675. The molecule has 2 heterocycles. The molecule has 0 spiro atoms. The van der Waals surface area contributed by atoms with E-state index in [9.17, 15) is 36.0 Å². The number of nitrogens with zero attached hydrogens (tertiary/aromatic N) is 2.